The molecule has 1 heterocycles. The van der Waals surface area contributed by atoms with Crippen LogP contribution in [0.1, 0.15) is 0 Å². The van der Waals surface area contributed by atoms with Crippen molar-refractivity contribution in [3.05, 3.63) is 0 Å². The van der Waals surface area contributed by atoms with Crippen molar-refractivity contribution in [2.45, 2.75) is 0 Å². The average molecular weight is 148 g/mol. The van der Waals surface area contributed by atoms with Crippen LogP contribution in [0.5, 0.6) is 0 Å². The quantitative estimate of drug-likeness (QED) is 0.626. The van der Waals surface area contributed by atoms with Gasteiger partial charge in [-0.2, -0.15) is 11.8 Å². The normalized spacial score (nSPS) is 23.3. The van der Waals surface area contributed by atoms with Gasteiger partial charge in [-0.1, -0.05) is 0 Å². The maximum absolute atomic E-state index is 8.87. The molecule has 1 saturated heterocycles. The van der Waals surface area contributed by atoms with Crippen LogP contribution in [0, 0.1) is 5.41 Å². The lowest BCUT2D eigenvalue weighted by Gasteiger charge is -2.39. The Morgan fingerprint density at radius 1 is 1.67 bits per heavy atom. The van der Waals surface area contributed by atoms with Crippen LogP contribution in [0.2, 0.25) is 0 Å². The molecule has 0 aromatic rings. The van der Waals surface area contributed by atoms with E-state index < -0.39 is 0 Å². The molecule has 0 bridgehead atoms. The van der Waals surface area contributed by atoms with Crippen molar-refractivity contribution in [2.24, 2.45) is 5.41 Å². The summed E-state index contributed by atoms with van der Waals surface area (Å²) < 4.78 is 5.01. The Morgan fingerprint density at radius 3 is 2.44 bits per heavy atom. The Kier molecular flexibility index (Phi) is 2.38. The maximum atomic E-state index is 8.87. The minimum absolute atomic E-state index is 0.111. The summed E-state index contributed by atoms with van der Waals surface area (Å²) in [6, 6.07) is 0. The molecule has 0 aliphatic carbocycles. The van der Waals surface area contributed by atoms with Crippen molar-refractivity contribution in [3.8, 4) is 0 Å². The van der Waals surface area contributed by atoms with Gasteiger partial charge in [0.2, 0.25) is 0 Å². The minimum Gasteiger partial charge on any atom is -0.396 e. The van der Waals surface area contributed by atoms with Crippen LogP contribution in [-0.2, 0) is 4.74 Å². The smallest absolute Gasteiger partial charge is 0.0575 e. The lowest BCUT2D eigenvalue weighted by molar-refractivity contribution is -0.121. The van der Waals surface area contributed by atoms with E-state index in [9.17, 15) is 0 Å². The number of aliphatic hydroxyl groups excluding tert-OH is 1. The van der Waals surface area contributed by atoms with Crippen LogP contribution < -0.4 is 0 Å². The molecule has 1 N–H and O–H groups in total. The first kappa shape index (κ1) is 7.38. The Morgan fingerprint density at radius 2 is 2.33 bits per heavy atom. The first-order valence-corrected chi connectivity index (χ1v) is 4.40. The number of hydrogen-bond donors (Lipinski definition) is 1. The van der Waals surface area contributed by atoms with Gasteiger partial charge in [0, 0.05) is 11.2 Å². The fourth-order valence-corrected chi connectivity index (χ4v) is 1.79. The van der Waals surface area contributed by atoms with Gasteiger partial charge < -0.3 is 9.84 Å². The van der Waals surface area contributed by atoms with Gasteiger partial charge in [0.15, 0.2) is 0 Å². The van der Waals surface area contributed by atoms with E-state index >= 15 is 0 Å². The van der Waals surface area contributed by atoms with Crippen molar-refractivity contribution in [3.63, 3.8) is 0 Å². The second-order valence-electron chi connectivity index (χ2n) is 2.58. The van der Waals surface area contributed by atoms with Crippen molar-refractivity contribution in [1.82, 2.24) is 0 Å². The zero-order valence-electron chi connectivity index (χ0n) is 5.59. The van der Waals surface area contributed by atoms with E-state index in [0.717, 1.165) is 19.0 Å². The average Bonchev–Trinajstić information content (AvgIpc) is 1.79. The molecule has 1 aliphatic heterocycles. The monoisotopic (exact) mass is 148 g/mol. The first-order valence-electron chi connectivity index (χ1n) is 3.00. The molecule has 0 aromatic heterocycles. The van der Waals surface area contributed by atoms with Gasteiger partial charge in [-0.25, -0.2) is 0 Å². The third kappa shape index (κ3) is 1.39. The Hall–Kier alpha value is 0.270. The third-order valence-corrected chi connectivity index (χ3v) is 2.50. The molecule has 0 radical (unpaired) electrons. The molecular weight excluding hydrogens is 136 g/mol. The number of hydrogen-bond acceptors (Lipinski definition) is 3. The molecule has 0 amide bonds. The summed E-state index contributed by atoms with van der Waals surface area (Å²) in [6.45, 7) is 1.75. The zero-order chi connectivity index (χ0) is 6.74. The van der Waals surface area contributed by atoms with E-state index in [4.69, 9.17) is 9.84 Å². The van der Waals surface area contributed by atoms with E-state index in [0.29, 0.717) is 0 Å². The fourth-order valence-electron chi connectivity index (χ4n) is 0.917. The van der Waals surface area contributed by atoms with Gasteiger partial charge in [0.25, 0.3) is 0 Å². The van der Waals surface area contributed by atoms with Crippen molar-refractivity contribution in [1.29, 1.82) is 0 Å². The van der Waals surface area contributed by atoms with Crippen LogP contribution >= 0.6 is 11.8 Å². The standard InChI is InChI=1S/C6H12O2S/c1-9-5-6(2-7)3-8-4-6/h7H,2-5H2,1H3. The van der Waals surface area contributed by atoms with E-state index in [2.05, 4.69) is 6.26 Å². The molecule has 2 nitrogen and oxygen atoms in total. The second-order valence-corrected chi connectivity index (χ2v) is 3.45. The fraction of sp³-hybridized carbons (Fsp3) is 1.00. The van der Waals surface area contributed by atoms with Gasteiger partial charge in [-0.3, -0.25) is 0 Å². The van der Waals surface area contributed by atoms with Crippen molar-refractivity contribution in [2.75, 3.05) is 31.8 Å². The Balaban J connectivity index is 2.28. The Labute approximate surface area is 59.6 Å². The lowest BCUT2D eigenvalue weighted by Crippen LogP contribution is -2.47. The van der Waals surface area contributed by atoms with Gasteiger partial charge in [0.1, 0.15) is 0 Å². The summed E-state index contributed by atoms with van der Waals surface area (Å²) >= 11 is 1.77. The zero-order valence-corrected chi connectivity index (χ0v) is 6.41. The van der Waals surface area contributed by atoms with E-state index in [-0.39, 0.29) is 12.0 Å². The molecule has 54 valence electrons. The predicted molar refractivity (Wildman–Crippen MR) is 38.7 cm³/mol. The van der Waals surface area contributed by atoms with Crippen LogP contribution in [-0.4, -0.2) is 36.9 Å². The van der Waals surface area contributed by atoms with Gasteiger partial charge in [0.05, 0.1) is 19.8 Å². The van der Waals surface area contributed by atoms with E-state index in [1.807, 2.05) is 0 Å². The highest BCUT2D eigenvalue weighted by Crippen LogP contribution is 2.29. The van der Waals surface area contributed by atoms with Crippen LogP contribution in [0.3, 0.4) is 0 Å². The molecule has 1 aliphatic rings. The number of ether oxygens (including phenoxy) is 1. The largest absolute Gasteiger partial charge is 0.396 e. The first-order chi connectivity index (χ1) is 4.33. The van der Waals surface area contributed by atoms with Gasteiger partial charge in [-0.15, -0.1) is 0 Å². The highest BCUT2D eigenvalue weighted by atomic mass is 32.2. The highest BCUT2D eigenvalue weighted by molar-refractivity contribution is 7.98. The SMILES string of the molecule is CSCC1(CO)COC1. The van der Waals surface area contributed by atoms with Gasteiger partial charge in [-0.05, 0) is 6.26 Å². The Bertz CT molecular complexity index is 85.5. The van der Waals surface area contributed by atoms with Crippen molar-refractivity contribution < 1.29 is 9.84 Å². The minimum atomic E-state index is 0.111. The molecule has 0 unspecified atom stereocenters. The summed E-state index contributed by atoms with van der Waals surface area (Å²) in [5.74, 6) is 1.02. The van der Waals surface area contributed by atoms with Crippen LogP contribution in [0.15, 0.2) is 0 Å². The number of thioether (sulfide) groups is 1. The van der Waals surface area contributed by atoms with Crippen LogP contribution in [0.25, 0.3) is 0 Å². The van der Waals surface area contributed by atoms with E-state index in [1.165, 1.54) is 0 Å². The molecule has 1 rings (SSSR count). The molecule has 0 aromatic carbocycles. The summed E-state index contributed by atoms with van der Waals surface area (Å²) in [7, 11) is 0. The number of aliphatic hydroxyl groups is 1. The summed E-state index contributed by atoms with van der Waals surface area (Å²) in [5, 5.41) is 8.87. The molecule has 9 heavy (non-hydrogen) atoms. The molecular formula is C6H12O2S. The summed E-state index contributed by atoms with van der Waals surface area (Å²) in [5.41, 5.74) is 0.111. The second kappa shape index (κ2) is 2.90. The molecule has 0 saturated carbocycles. The molecule has 0 atom stereocenters. The number of rotatable bonds is 3. The van der Waals surface area contributed by atoms with Gasteiger partial charge >= 0.3 is 0 Å². The summed E-state index contributed by atoms with van der Waals surface area (Å²) in [6.07, 6.45) is 2.05. The summed E-state index contributed by atoms with van der Waals surface area (Å²) in [4.78, 5) is 0. The predicted octanol–water partition coefficient (Wildman–Crippen LogP) is 0.358. The third-order valence-electron chi connectivity index (χ3n) is 1.60. The highest BCUT2D eigenvalue weighted by Gasteiger charge is 2.37. The van der Waals surface area contributed by atoms with Crippen LogP contribution in [0.4, 0.5) is 0 Å². The molecule has 3 heteroatoms. The molecule has 1 fully saturated rings. The lowest BCUT2D eigenvalue weighted by atomic mass is 9.90. The topological polar surface area (TPSA) is 29.5 Å². The van der Waals surface area contributed by atoms with Crippen molar-refractivity contribution >= 4 is 11.8 Å². The maximum Gasteiger partial charge on any atom is 0.0575 e. The molecule has 0 spiro atoms. The van der Waals surface area contributed by atoms with E-state index in [1.54, 1.807) is 11.8 Å².